The molecule has 2 aliphatic rings. The van der Waals surface area contributed by atoms with E-state index < -0.39 is 16.1 Å². The highest BCUT2D eigenvalue weighted by Gasteiger charge is 2.36. The first-order chi connectivity index (χ1) is 16.4. The largest absolute Gasteiger partial charge is 0.459 e. The average molecular weight is 480 g/mol. The standard InChI is InChI=1S/C25H25N3O5S/c29-24(26-20-9-11-21(12-10-20)34(31,32)27-13-3-4-14-27)22-16-18-6-1-2-7-19(18)17-28(22)25(30)23-8-5-15-33-23/h1-2,5-12,15,22H,3-4,13-14,16-17H2,(H,26,29)/t22-/m0/s1. The topological polar surface area (TPSA) is 99.9 Å². The van der Waals surface area contributed by atoms with Gasteiger partial charge in [-0.15, -0.1) is 0 Å². The minimum absolute atomic E-state index is 0.175. The molecule has 34 heavy (non-hydrogen) atoms. The minimum atomic E-state index is -3.53. The molecule has 1 fully saturated rings. The van der Waals surface area contributed by atoms with Crippen LogP contribution >= 0.6 is 0 Å². The first kappa shape index (κ1) is 22.4. The Morgan fingerprint density at radius 3 is 2.29 bits per heavy atom. The van der Waals surface area contributed by atoms with E-state index in [1.165, 1.54) is 27.6 Å². The number of rotatable bonds is 5. The van der Waals surface area contributed by atoms with E-state index in [-0.39, 0.29) is 22.5 Å². The number of anilines is 1. The third kappa shape index (κ3) is 4.24. The Labute approximate surface area is 198 Å². The molecule has 3 aromatic rings. The summed E-state index contributed by atoms with van der Waals surface area (Å²) in [5.74, 6) is -0.523. The Hall–Kier alpha value is -3.43. The van der Waals surface area contributed by atoms with Crippen LogP contribution < -0.4 is 5.32 Å². The fraction of sp³-hybridized carbons (Fsp3) is 0.280. The maximum Gasteiger partial charge on any atom is 0.290 e. The highest BCUT2D eigenvalue weighted by Crippen LogP contribution is 2.27. The first-order valence-electron chi connectivity index (χ1n) is 11.3. The van der Waals surface area contributed by atoms with Crippen molar-refractivity contribution in [3.05, 3.63) is 83.8 Å². The molecule has 0 unspecified atom stereocenters. The van der Waals surface area contributed by atoms with Crippen LogP contribution in [-0.2, 0) is 27.8 Å². The normalized spacial score (nSPS) is 18.5. The molecule has 1 N–H and O–H groups in total. The molecule has 176 valence electrons. The van der Waals surface area contributed by atoms with Crippen LogP contribution in [0.4, 0.5) is 5.69 Å². The van der Waals surface area contributed by atoms with Crippen LogP contribution in [0.5, 0.6) is 0 Å². The summed E-state index contributed by atoms with van der Waals surface area (Å²) in [5, 5.41) is 2.85. The molecule has 2 aromatic carbocycles. The highest BCUT2D eigenvalue weighted by atomic mass is 32.2. The lowest BCUT2D eigenvalue weighted by atomic mass is 9.93. The Kier molecular flexibility index (Phi) is 5.97. The van der Waals surface area contributed by atoms with Crippen LogP contribution in [0.1, 0.15) is 34.5 Å². The number of nitrogens with zero attached hydrogens (tertiary/aromatic N) is 2. The van der Waals surface area contributed by atoms with Gasteiger partial charge in [0.1, 0.15) is 6.04 Å². The van der Waals surface area contributed by atoms with Gasteiger partial charge in [-0.1, -0.05) is 24.3 Å². The molecule has 1 atom stereocenters. The van der Waals surface area contributed by atoms with Gasteiger partial charge in [0.15, 0.2) is 5.76 Å². The maximum absolute atomic E-state index is 13.3. The smallest absolute Gasteiger partial charge is 0.290 e. The quantitative estimate of drug-likeness (QED) is 0.606. The Morgan fingerprint density at radius 2 is 1.62 bits per heavy atom. The molecule has 9 heteroatoms. The number of sulfonamides is 1. The van der Waals surface area contributed by atoms with Crippen molar-refractivity contribution in [3.8, 4) is 0 Å². The fourth-order valence-corrected chi connectivity index (χ4v) is 6.04. The van der Waals surface area contributed by atoms with Crippen LogP contribution in [0, 0.1) is 0 Å². The van der Waals surface area contributed by atoms with Crippen molar-refractivity contribution in [2.45, 2.75) is 36.7 Å². The van der Waals surface area contributed by atoms with Gasteiger partial charge in [-0.25, -0.2) is 8.42 Å². The zero-order chi connectivity index (χ0) is 23.7. The maximum atomic E-state index is 13.3. The van der Waals surface area contributed by atoms with Gasteiger partial charge in [-0.3, -0.25) is 9.59 Å². The molecule has 0 saturated carbocycles. The van der Waals surface area contributed by atoms with Crippen LogP contribution in [-0.4, -0.2) is 48.6 Å². The minimum Gasteiger partial charge on any atom is -0.459 e. The number of hydrogen-bond donors (Lipinski definition) is 1. The summed E-state index contributed by atoms with van der Waals surface area (Å²) in [5.41, 5.74) is 2.47. The number of nitrogens with one attached hydrogen (secondary N) is 1. The number of carbonyl (C=O) groups is 2. The highest BCUT2D eigenvalue weighted by molar-refractivity contribution is 7.89. The Balaban J connectivity index is 1.36. The van der Waals surface area contributed by atoms with Gasteiger partial charge in [0, 0.05) is 31.7 Å². The molecule has 3 heterocycles. The van der Waals surface area contributed by atoms with Crippen molar-refractivity contribution in [3.63, 3.8) is 0 Å². The second-order valence-corrected chi connectivity index (χ2v) is 10.5. The predicted octanol–water partition coefficient (Wildman–Crippen LogP) is 3.27. The lowest BCUT2D eigenvalue weighted by Gasteiger charge is -2.35. The molecule has 2 amide bonds. The monoisotopic (exact) mass is 479 g/mol. The van der Waals surface area contributed by atoms with Gasteiger partial charge in [0.2, 0.25) is 15.9 Å². The number of carbonyl (C=O) groups excluding carboxylic acids is 2. The van der Waals surface area contributed by atoms with Crippen molar-refractivity contribution in [2.75, 3.05) is 18.4 Å². The van der Waals surface area contributed by atoms with Gasteiger partial charge >= 0.3 is 0 Å². The zero-order valence-corrected chi connectivity index (χ0v) is 19.3. The van der Waals surface area contributed by atoms with Crippen LogP contribution in [0.15, 0.2) is 76.2 Å². The van der Waals surface area contributed by atoms with Gasteiger partial charge in [-0.2, -0.15) is 4.31 Å². The molecule has 0 aliphatic carbocycles. The van der Waals surface area contributed by atoms with Crippen molar-refractivity contribution >= 4 is 27.5 Å². The number of amides is 2. The van der Waals surface area contributed by atoms with Crippen molar-refractivity contribution in [2.24, 2.45) is 0 Å². The molecule has 0 spiro atoms. The van der Waals surface area contributed by atoms with E-state index >= 15 is 0 Å². The number of furan rings is 1. The Morgan fingerprint density at radius 1 is 0.912 bits per heavy atom. The molecule has 0 bridgehead atoms. The van der Waals surface area contributed by atoms with Gasteiger partial charge in [-0.05, 0) is 60.4 Å². The predicted molar refractivity (Wildman–Crippen MR) is 126 cm³/mol. The van der Waals surface area contributed by atoms with E-state index in [9.17, 15) is 18.0 Å². The average Bonchev–Trinajstić information content (AvgIpc) is 3.58. The van der Waals surface area contributed by atoms with Crippen molar-refractivity contribution in [1.29, 1.82) is 0 Å². The van der Waals surface area contributed by atoms with E-state index in [2.05, 4.69) is 5.32 Å². The summed E-state index contributed by atoms with van der Waals surface area (Å²) in [6.07, 6.45) is 3.53. The zero-order valence-electron chi connectivity index (χ0n) is 18.5. The second kappa shape index (κ2) is 9.08. The molecular formula is C25H25N3O5S. The van der Waals surface area contributed by atoms with Gasteiger partial charge < -0.3 is 14.6 Å². The first-order valence-corrected chi connectivity index (χ1v) is 12.7. The summed E-state index contributed by atoms with van der Waals surface area (Å²) in [4.78, 5) is 28.1. The lowest BCUT2D eigenvalue weighted by Crippen LogP contribution is -2.50. The van der Waals surface area contributed by atoms with Gasteiger partial charge in [0.05, 0.1) is 11.2 Å². The summed E-state index contributed by atoms with van der Waals surface area (Å²) >= 11 is 0. The lowest BCUT2D eigenvalue weighted by molar-refractivity contribution is -0.121. The SMILES string of the molecule is O=C(Nc1ccc(S(=O)(=O)N2CCCC2)cc1)[C@@H]1Cc2ccccc2CN1C(=O)c1ccco1. The molecule has 0 radical (unpaired) electrons. The van der Waals surface area contributed by atoms with Crippen LogP contribution in [0.25, 0.3) is 0 Å². The number of hydrogen-bond acceptors (Lipinski definition) is 5. The second-order valence-electron chi connectivity index (χ2n) is 8.52. The molecular weight excluding hydrogens is 454 g/mol. The third-order valence-corrected chi connectivity index (χ3v) is 8.28. The van der Waals surface area contributed by atoms with E-state index in [0.29, 0.717) is 31.7 Å². The van der Waals surface area contributed by atoms with E-state index in [4.69, 9.17) is 4.42 Å². The van der Waals surface area contributed by atoms with Gasteiger partial charge in [0.25, 0.3) is 5.91 Å². The Bertz CT molecular complexity index is 1300. The molecule has 1 aromatic heterocycles. The number of benzene rings is 2. The van der Waals surface area contributed by atoms with Crippen LogP contribution in [0.3, 0.4) is 0 Å². The summed E-state index contributed by atoms with van der Waals surface area (Å²) in [6.45, 7) is 1.35. The van der Waals surface area contributed by atoms with E-state index in [1.54, 1.807) is 24.3 Å². The summed E-state index contributed by atoms with van der Waals surface area (Å²) in [6, 6.07) is 16.4. The summed E-state index contributed by atoms with van der Waals surface area (Å²) in [7, 11) is -3.53. The van der Waals surface area contributed by atoms with Crippen LogP contribution in [0.2, 0.25) is 0 Å². The summed E-state index contributed by atoms with van der Waals surface area (Å²) < 4.78 is 32.3. The third-order valence-electron chi connectivity index (χ3n) is 6.37. The fourth-order valence-electron chi connectivity index (χ4n) is 4.53. The molecule has 1 saturated heterocycles. The molecule has 5 rings (SSSR count). The van der Waals surface area contributed by atoms with Crippen molar-refractivity contribution < 1.29 is 22.4 Å². The van der Waals surface area contributed by atoms with E-state index in [1.807, 2.05) is 24.3 Å². The van der Waals surface area contributed by atoms with E-state index in [0.717, 1.165) is 24.0 Å². The molecule has 8 nitrogen and oxygen atoms in total. The van der Waals surface area contributed by atoms with Crippen molar-refractivity contribution in [1.82, 2.24) is 9.21 Å². The number of fused-ring (bicyclic) bond motifs is 1. The molecule has 2 aliphatic heterocycles.